The Bertz CT molecular complexity index is 777. The first-order valence-electron chi connectivity index (χ1n) is 10.4. The molecule has 2 heterocycles. The molecule has 1 N–H and O–H groups in total. The van der Waals surface area contributed by atoms with Gasteiger partial charge in [0, 0.05) is 20.1 Å². The summed E-state index contributed by atoms with van der Waals surface area (Å²) < 4.78 is 11.1. The van der Waals surface area contributed by atoms with E-state index in [1.165, 1.54) is 4.90 Å². The van der Waals surface area contributed by atoms with E-state index < -0.39 is 23.7 Å². The number of nitrogens with zero attached hydrogens (tertiary/aromatic N) is 2. The predicted octanol–water partition coefficient (Wildman–Crippen LogP) is 2.77. The number of carbonyl (C=O) groups is 3. The van der Waals surface area contributed by atoms with Crippen molar-refractivity contribution in [3.05, 3.63) is 35.9 Å². The van der Waals surface area contributed by atoms with Crippen molar-refractivity contribution in [3.63, 3.8) is 0 Å². The van der Waals surface area contributed by atoms with Gasteiger partial charge in [-0.05, 0) is 45.1 Å². The maximum Gasteiger partial charge on any atom is 0.411 e. The van der Waals surface area contributed by atoms with Gasteiger partial charge in [-0.15, -0.1) is 0 Å². The zero-order chi connectivity index (χ0) is 21.9. The van der Waals surface area contributed by atoms with Crippen LogP contribution in [0.2, 0.25) is 0 Å². The molecule has 1 aromatic rings. The number of amides is 3. The number of likely N-dealkylation sites (tertiary alicyclic amines) is 2. The normalized spacial score (nSPS) is 23.5. The van der Waals surface area contributed by atoms with Crippen molar-refractivity contribution in [2.45, 2.75) is 57.9 Å². The highest BCUT2D eigenvalue weighted by Crippen LogP contribution is 2.37. The molecule has 3 rings (SSSR count). The third-order valence-electron chi connectivity index (χ3n) is 5.54. The van der Waals surface area contributed by atoms with Crippen LogP contribution in [-0.4, -0.2) is 65.7 Å². The van der Waals surface area contributed by atoms with Crippen molar-refractivity contribution in [1.82, 2.24) is 15.1 Å². The maximum absolute atomic E-state index is 13.0. The van der Waals surface area contributed by atoms with Crippen molar-refractivity contribution < 1.29 is 23.9 Å². The number of hydrogen-bond acceptors (Lipinski definition) is 5. The lowest BCUT2D eigenvalue weighted by molar-refractivity contribution is -0.150. The second kappa shape index (κ2) is 8.93. The molecule has 0 unspecified atom stereocenters. The van der Waals surface area contributed by atoms with Gasteiger partial charge in [-0.1, -0.05) is 30.3 Å². The summed E-state index contributed by atoms with van der Waals surface area (Å²) in [6.45, 7) is 6.48. The number of ether oxygens (including phenoxy) is 2. The van der Waals surface area contributed by atoms with Crippen molar-refractivity contribution in [1.29, 1.82) is 0 Å². The van der Waals surface area contributed by atoms with Crippen LogP contribution in [0.3, 0.4) is 0 Å². The molecule has 0 aliphatic carbocycles. The molecule has 8 heteroatoms. The number of esters is 1. The van der Waals surface area contributed by atoms with Gasteiger partial charge in [0.1, 0.15) is 18.2 Å². The van der Waals surface area contributed by atoms with Gasteiger partial charge in [0.2, 0.25) is 0 Å². The van der Waals surface area contributed by atoms with E-state index in [0.29, 0.717) is 19.5 Å². The van der Waals surface area contributed by atoms with Crippen molar-refractivity contribution in [2.24, 2.45) is 5.92 Å². The van der Waals surface area contributed by atoms with Gasteiger partial charge in [-0.2, -0.15) is 0 Å². The first-order valence-corrected chi connectivity index (χ1v) is 10.4. The second-order valence-corrected chi connectivity index (χ2v) is 8.85. The Morgan fingerprint density at radius 1 is 1.17 bits per heavy atom. The van der Waals surface area contributed by atoms with E-state index in [4.69, 9.17) is 9.47 Å². The summed E-state index contributed by atoms with van der Waals surface area (Å²) in [6, 6.07) is 8.25. The number of benzene rings is 1. The number of piperidine rings is 1. The van der Waals surface area contributed by atoms with Crippen LogP contribution in [0.4, 0.5) is 9.59 Å². The third kappa shape index (κ3) is 5.04. The lowest BCUT2D eigenvalue weighted by Crippen LogP contribution is -2.56. The molecule has 3 atom stereocenters. The molecule has 30 heavy (non-hydrogen) atoms. The minimum atomic E-state index is -0.719. The smallest absolute Gasteiger partial charge is 0.411 e. The summed E-state index contributed by atoms with van der Waals surface area (Å²) in [5.74, 6) is -0.321. The molecule has 2 saturated heterocycles. The molecule has 2 aliphatic heterocycles. The molecular weight excluding hydrogens is 386 g/mol. The monoisotopic (exact) mass is 417 g/mol. The Hall–Kier alpha value is -2.77. The van der Waals surface area contributed by atoms with Crippen LogP contribution in [0.5, 0.6) is 0 Å². The average Bonchev–Trinajstić information content (AvgIpc) is 3.10. The first-order chi connectivity index (χ1) is 14.2. The summed E-state index contributed by atoms with van der Waals surface area (Å²) in [7, 11) is 1.58. The van der Waals surface area contributed by atoms with E-state index in [-0.39, 0.29) is 24.6 Å². The van der Waals surface area contributed by atoms with Crippen molar-refractivity contribution in [3.8, 4) is 0 Å². The van der Waals surface area contributed by atoms with Gasteiger partial charge in [-0.25, -0.2) is 14.4 Å². The topological polar surface area (TPSA) is 88.2 Å². The first kappa shape index (κ1) is 21.9. The van der Waals surface area contributed by atoms with Crippen LogP contribution >= 0.6 is 0 Å². The summed E-state index contributed by atoms with van der Waals surface area (Å²) in [6.07, 6.45) is 0.689. The van der Waals surface area contributed by atoms with Gasteiger partial charge in [0.15, 0.2) is 0 Å². The molecule has 2 aliphatic rings. The van der Waals surface area contributed by atoms with Crippen LogP contribution in [0.1, 0.15) is 39.2 Å². The quantitative estimate of drug-likeness (QED) is 0.764. The highest BCUT2D eigenvalue weighted by molar-refractivity contribution is 5.83. The highest BCUT2D eigenvalue weighted by atomic mass is 16.6. The van der Waals surface area contributed by atoms with Gasteiger partial charge in [0.25, 0.3) is 0 Å². The summed E-state index contributed by atoms with van der Waals surface area (Å²) in [5, 5.41) is 2.63. The molecular formula is C22H31N3O5. The van der Waals surface area contributed by atoms with Gasteiger partial charge < -0.3 is 19.7 Å². The number of fused-ring (bicyclic) bond motifs is 1. The van der Waals surface area contributed by atoms with Crippen LogP contribution in [-0.2, 0) is 20.9 Å². The minimum Gasteiger partial charge on any atom is -0.459 e. The largest absolute Gasteiger partial charge is 0.459 e. The number of rotatable bonds is 3. The average molecular weight is 418 g/mol. The lowest BCUT2D eigenvalue weighted by Gasteiger charge is -2.39. The fourth-order valence-corrected chi connectivity index (χ4v) is 4.16. The van der Waals surface area contributed by atoms with Crippen LogP contribution in [0.25, 0.3) is 0 Å². The highest BCUT2D eigenvalue weighted by Gasteiger charge is 2.51. The van der Waals surface area contributed by atoms with Crippen LogP contribution < -0.4 is 5.32 Å². The van der Waals surface area contributed by atoms with E-state index in [9.17, 15) is 14.4 Å². The van der Waals surface area contributed by atoms with E-state index in [0.717, 1.165) is 12.0 Å². The summed E-state index contributed by atoms with van der Waals surface area (Å²) >= 11 is 0. The molecule has 8 nitrogen and oxygen atoms in total. The minimum absolute atomic E-state index is 0.118. The van der Waals surface area contributed by atoms with E-state index in [2.05, 4.69) is 5.32 Å². The Kier molecular flexibility index (Phi) is 6.53. The summed E-state index contributed by atoms with van der Waals surface area (Å²) in [4.78, 5) is 41.3. The number of nitrogens with one attached hydrogen (secondary N) is 1. The van der Waals surface area contributed by atoms with E-state index >= 15 is 0 Å². The Morgan fingerprint density at radius 3 is 2.50 bits per heavy atom. The maximum atomic E-state index is 13.0. The van der Waals surface area contributed by atoms with Crippen molar-refractivity contribution >= 4 is 18.1 Å². The fraction of sp³-hybridized carbons (Fsp3) is 0.591. The third-order valence-corrected chi connectivity index (χ3v) is 5.54. The van der Waals surface area contributed by atoms with Crippen molar-refractivity contribution in [2.75, 3.05) is 20.1 Å². The standard InChI is InChI=1S/C22H31N3O5/c1-22(2,3)30-21(28)25-17(19(26)29-14-15-8-6-5-7-9-15)12-16-10-11-24(13-18(16)25)20(27)23-4/h5-9,16-18H,10-14H2,1-4H3,(H,23,27)/t16-,17-,18-/m1/s1. The van der Waals surface area contributed by atoms with Crippen LogP contribution in [0.15, 0.2) is 30.3 Å². The molecule has 0 aromatic heterocycles. The zero-order valence-corrected chi connectivity index (χ0v) is 18.1. The molecule has 0 spiro atoms. The molecule has 0 saturated carbocycles. The molecule has 0 bridgehead atoms. The van der Waals surface area contributed by atoms with E-state index in [1.807, 2.05) is 30.3 Å². The molecule has 1 aromatic carbocycles. The Labute approximate surface area is 177 Å². The number of urea groups is 1. The SMILES string of the molecule is CNC(=O)N1CC[C@@H]2C[C@H](C(=O)OCc3ccccc3)N(C(=O)OC(C)(C)C)[C@@H]2C1. The molecule has 0 radical (unpaired) electrons. The van der Waals surface area contributed by atoms with Gasteiger partial charge >= 0.3 is 18.1 Å². The zero-order valence-electron chi connectivity index (χ0n) is 18.1. The Morgan fingerprint density at radius 2 is 1.87 bits per heavy atom. The molecule has 164 valence electrons. The van der Waals surface area contributed by atoms with Crippen LogP contribution in [0, 0.1) is 5.92 Å². The number of carbonyl (C=O) groups excluding carboxylic acids is 3. The molecule has 3 amide bonds. The van der Waals surface area contributed by atoms with E-state index in [1.54, 1.807) is 32.7 Å². The lowest BCUT2D eigenvalue weighted by atomic mass is 9.91. The van der Waals surface area contributed by atoms with Gasteiger partial charge in [0.05, 0.1) is 6.04 Å². The molecule has 2 fully saturated rings. The van der Waals surface area contributed by atoms with Gasteiger partial charge in [-0.3, -0.25) is 4.90 Å². The Balaban J connectivity index is 1.77. The fourth-order valence-electron chi connectivity index (χ4n) is 4.16. The predicted molar refractivity (Wildman–Crippen MR) is 111 cm³/mol. The summed E-state index contributed by atoms with van der Waals surface area (Å²) in [5.41, 5.74) is 0.193. The number of hydrogen-bond donors (Lipinski definition) is 1. The second-order valence-electron chi connectivity index (χ2n) is 8.85.